The smallest absolute Gasteiger partial charge is 0.0507 e. The fourth-order valence-corrected chi connectivity index (χ4v) is 1.66. The van der Waals surface area contributed by atoms with Crippen LogP contribution in [0.2, 0.25) is 0 Å². The van der Waals surface area contributed by atoms with Crippen LogP contribution in [-0.2, 0) is 0 Å². The number of allylic oxidation sites excluding steroid dienone is 1. The Morgan fingerprint density at radius 1 is 1.50 bits per heavy atom. The average Bonchev–Trinajstić information content (AvgIpc) is 2.04. The van der Waals surface area contributed by atoms with Gasteiger partial charge in [-0.1, -0.05) is 19.1 Å². The van der Waals surface area contributed by atoms with Gasteiger partial charge in [-0.05, 0) is 30.5 Å². The molecule has 1 heteroatoms. The van der Waals surface area contributed by atoms with E-state index in [4.69, 9.17) is 0 Å². The average molecular weight is 159 g/mol. The molecule has 0 radical (unpaired) electrons. The van der Waals surface area contributed by atoms with Crippen molar-refractivity contribution in [3.63, 3.8) is 0 Å². The first-order chi connectivity index (χ1) is 5.77. The highest BCUT2D eigenvalue weighted by atomic mass is 14.7. The minimum atomic E-state index is 0.589. The van der Waals surface area contributed by atoms with E-state index < -0.39 is 0 Å². The van der Waals surface area contributed by atoms with Gasteiger partial charge in [0.15, 0.2) is 0 Å². The van der Waals surface area contributed by atoms with Gasteiger partial charge in [-0.15, -0.1) is 0 Å². The zero-order valence-corrected chi connectivity index (χ0v) is 7.54. The molecule has 1 unspecified atom stereocenters. The Kier molecular flexibility index (Phi) is 1.72. The van der Waals surface area contributed by atoms with Crippen molar-refractivity contribution in [3.05, 3.63) is 35.2 Å². The lowest BCUT2D eigenvalue weighted by atomic mass is 9.93. The van der Waals surface area contributed by atoms with Gasteiger partial charge in [0.1, 0.15) is 0 Å². The second kappa shape index (κ2) is 2.74. The minimum Gasteiger partial charge on any atom is -0.260 e. The molecule has 62 valence electrons. The molecule has 2 rings (SSSR count). The van der Waals surface area contributed by atoms with Gasteiger partial charge < -0.3 is 0 Å². The first-order valence-electron chi connectivity index (χ1n) is 4.40. The van der Waals surface area contributed by atoms with Crippen molar-refractivity contribution in [3.8, 4) is 0 Å². The summed E-state index contributed by atoms with van der Waals surface area (Å²) < 4.78 is 0. The molecule has 0 aromatic carbocycles. The molecular weight excluding hydrogens is 146 g/mol. The quantitative estimate of drug-likeness (QED) is 0.567. The largest absolute Gasteiger partial charge is 0.260 e. The van der Waals surface area contributed by atoms with Crippen LogP contribution in [0.4, 0.5) is 0 Å². The number of aromatic nitrogens is 1. The third kappa shape index (κ3) is 1.15. The highest BCUT2D eigenvalue weighted by Crippen LogP contribution is 2.27. The normalized spacial score (nSPS) is 20.7. The van der Waals surface area contributed by atoms with E-state index in [1.165, 1.54) is 16.8 Å². The van der Waals surface area contributed by atoms with Crippen LogP contribution in [0.15, 0.2) is 18.3 Å². The van der Waals surface area contributed by atoms with E-state index in [1.54, 1.807) is 0 Å². The fraction of sp³-hybridized carbons (Fsp3) is 0.364. The van der Waals surface area contributed by atoms with Crippen LogP contribution in [-0.4, -0.2) is 4.98 Å². The van der Waals surface area contributed by atoms with E-state index in [0.29, 0.717) is 5.92 Å². The van der Waals surface area contributed by atoms with E-state index in [0.717, 1.165) is 6.42 Å². The zero-order valence-electron chi connectivity index (χ0n) is 7.54. The third-order valence-electron chi connectivity index (χ3n) is 2.34. The van der Waals surface area contributed by atoms with Gasteiger partial charge in [-0.25, -0.2) is 0 Å². The van der Waals surface area contributed by atoms with Gasteiger partial charge in [0.05, 0.1) is 5.69 Å². The lowest BCUT2D eigenvalue weighted by Crippen LogP contribution is -2.02. The molecule has 1 nitrogen and oxygen atoms in total. The maximum absolute atomic E-state index is 4.45. The molecule has 1 atom stereocenters. The predicted octanol–water partition coefficient (Wildman–Crippen LogP) is 2.91. The summed E-state index contributed by atoms with van der Waals surface area (Å²) in [6.07, 6.45) is 7.49. The van der Waals surface area contributed by atoms with Gasteiger partial charge >= 0.3 is 0 Å². The van der Waals surface area contributed by atoms with Gasteiger partial charge in [0.25, 0.3) is 0 Å². The summed E-state index contributed by atoms with van der Waals surface area (Å²) in [4.78, 5) is 4.45. The van der Waals surface area contributed by atoms with Crippen molar-refractivity contribution in [2.75, 3.05) is 0 Å². The first kappa shape index (κ1) is 7.53. The topological polar surface area (TPSA) is 12.9 Å². The summed E-state index contributed by atoms with van der Waals surface area (Å²) in [6.45, 7) is 4.31. The minimum absolute atomic E-state index is 0.589. The van der Waals surface area contributed by atoms with Crippen LogP contribution in [0.1, 0.15) is 36.1 Å². The number of hydrogen-bond acceptors (Lipinski definition) is 1. The van der Waals surface area contributed by atoms with Crippen LogP contribution in [0.3, 0.4) is 0 Å². The number of hydrogen-bond donors (Lipinski definition) is 0. The van der Waals surface area contributed by atoms with Gasteiger partial charge in [-0.3, -0.25) is 4.98 Å². The maximum atomic E-state index is 4.45. The summed E-state index contributed by atoms with van der Waals surface area (Å²) in [5.74, 6) is 0.589. The molecule has 1 aromatic heterocycles. The molecule has 12 heavy (non-hydrogen) atoms. The van der Waals surface area contributed by atoms with Crippen LogP contribution in [0.25, 0.3) is 6.08 Å². The summed E-state index contributed by atoms with van der Waals surface area (Å²) >= 11 is 0. The lowest BCUT2D eigenvalue weighted by molar-refractivity contribution is 0.738. The maximum Gasteiger partial charge on any atom is 0.0507 e. The Hall–Kier alpha value is -1.11. The van der Waals surface area contributed by atoms with E-state index >= 15 is 0 Å². The molecule has 0 aliphatic heterocycles. The van der Waals surface area contributed by atoms with Crippen LogP contribution in [0, 0.1) is 6.92 Å². The molecule has 0 saturated carbocycles. The molecule has 0 fully saturated rings. The van der Waals surface area contributed by atoms with Crippen molar-refractivity contribution >= 4 is 6.08 Å². The molecule has 0 N–H and O–H groups in total. The molecule has 0 amide bonds. The molecule has 1 aliphatic carbocycles. The molecule has 1 aliphatic rings. The lowest BCUT2D eigenvalue weighted by Gasteiger charge is -2.16. The number of pyridine rings is 1. The Morgan fingerprint density at radius 3 is 3.17 bits per heavy atom. The van der Waals surface area contributed by atoms with Gasteiger partial charge in [0.2, 0.25) is 0 Å². The second-order valence-electron chi connectivity index (χ2n) is 3.53. The van der Waals surface area contributed by atoms with Gasteiger partial charge in [-0.2, -0.15) is 0 Å². The van der Waals surface area contributed by atoms with E-state index in [-0.39, 0.29) is 0 Å². The Labute approximate surface area is 73.1 Å². The molecule has 0 bridgehead atoms. The van der Waals surface area contributed by atoms with Crippen molar-refractivity contribution in [1.82, 2.24) is 4.98 Å². The number of aryl methyl sites for hydroxylation is 1. The Bertz CT molecular complexity index is 326. The van der Waals surface area contributed by atoms with Crippen molar-refractivity contribution < 1.29 is 0 Å². The van der Waals surface area contributed by atoms with E-state index in [9.17, 15) is 0 Å². The molecule has 1 heterocycles. The van der Waals surface area contributed by atoms with Crippen LogP contribution in [0.5, 0.6) is 0 Å². The van der Waals surface area contributed by atoms with E-state index in [1.807, 2.05) is 6.20 Å². The molecular formula is C11H13N. The monoisotopic (exact) mass is 159 g/mol. The molecule has 1 aromatic rings. The van der Waals surface area contributed by atoms with Crippen molar-refractivity contribution in [2.45, 2.75) is 26.2 Å². The zero-order chi connectivity index (χ0) is 8.55. The van der Waals surface area contributed by atoms with Crippen molar-refractivity contribution in [1.29, 1.82) is 0 Å². The Balaban J connectivity index is 2.55. The van der Waals surface area contributed by atoms with Crippen molar-refractivity contribution in [2.24, 2.45) is 0 Å². The SMILES string of the molecule is Cc1cnc2c(c1)C=CCC2C. The third-order valence-corrected chi connectivity index (χ3v) is 2.34. The highest BCUT2D eigenvalue weighted by Gasteiger charge is 2.12. The number of fused-ring (bicyclic) bond motifs is 1. The number of nitrogens with zero attached hydrogens (tertiary/aromatic N) is 1. The van der Waals surface area contributed by atoms with Crippen LogP contribution < -0.4 is 0 Å². The summed E-state index contributed by atoms with van der Waals surface area (Å²) in [7, 11) is 0. The fourth-order valence-electron chi connectivity index (χ4n) is 1.66. The molecule has 0 saturated heterocycles. The Morgan fingerprint density at radius 2 is 2.33 bits per heavy atom. The van der Waals surface area contributed by atoms with Crippen LogP contribution >= 0.6 is 0 Å². The molecule has 0 spiro atoms. The number of rotatable bonds is 0. The second-order valence-corrected chi connectivity index (χ2v) is 3.53. The highest BCUT2D eigenvalue weighted by molar-refractivity contribution is 5.56. The standard InChI is InChI=1S/C11H13N/c1-8-6-10-5-3-4-9(2)11(10)12-7-8/h3,5-7,9H,4H2,1-2H3. The summed E-state index contributed by atoms with van der Waals surface area (Å²) in [6, 6.07) is 2.20. The summed E-state index contributed by atoms with van der Waals surface area (Å²) in [5, 5.41) is 0. The first-order valence-corrected chi connectivity index (χ1v) is 4.40. The van der Waals surface area contributed by atoms with Gasteiger partial charge in [0, 0.05) is 12.1 Å². The summed E-state index contributed by atoms with van der Waals surface area (Å²) in [5.41, 5.74) is 3.80. The predicted molar refractivity (Wildman–Crippen MR) is 51.0 cm³/mol. The van der Waals surface area contributed by atoms with E-state index in [2.05, 4.69) is 37.0 Å².